The first kappa shape index (κ1) is 23.8. The van der Waals surface area contributed by atoms with E-state index in [-0.39, 0.29) is 30.4 Å². The van der Waals surface area contributed by atoms with Crippen molar-refractivity contribution in [3.05, 3.63) is 72.8 Å². The number of carbonyl (C=O) groups excluding carboxylic acids is 1. The molecule has 3 aromatic heterocycles. The molecule has 1 aliphatic rings. The molecular formula is C26H28FN7O2. The molecule has 0 bridgehead atoms. The van der Waals surface area contributed by atoms with Gasteiger partial charge in [0.1, 0.15) is 12.1 Å². The molecule has 0 spiro atoms. The highest BCUT2D eigenvalue weighted by Gasteiger charge is 2.31. The molecule has 36 heavy (non-hydrogen) atoms. The number of rotatable bonds is 7. The molecule has 4 aromatic rings. The summed E-state index contributed by atoms with van der Waals surface area (Å²) in [4.78, 5) is 34.9. The third-order valence-electron chi connectivity index (χ3n) is 6.76. The number of aromatic nitrogens is 5. The molecule has 1 atom stereocenters. The Morgan fingerprint density at radius 1 is 1.19 bits per heavy atom. The zero-order valence-electron chi connectivity index (χ0n) is 20.0. The van der Waals surface area contributed by atoms with Crippen LogP contribution in [0.15, 0.2) is 61.4 Å². The fourth-order valence-electron chi connectivity index (χ4n) is 4.84. The van der Waals surface area contributed by atoms with Crippen LogP contribution in [0, 0.1) is 5.82 Å². The average Bonchev–Trinajstić information content (AvgIpc) is 3.35. The molecule has 1 aromatic carbocycles. The van der Waals surface area contributed by atoms with Gasteiger partial charge in [-0.2, -0.15) is 0 Å². The van der Waals surface area contributed by atoms with Crippen LogP contribution in [0.4, 0.5) is 15.9 Å². The molecule has 0 radical (unpaired) electrons. The number of amides is 1. The molecule has 1 N–H and O–H groups in total. The summed E-state index contributed by atoms with van der Waals surface area (Å²) in [6.45, 7) is 3.31. The van der Waals surface area contributed by atoms with E-state index < -0.39 is 0 Å². The number of hydrogen-bond donors (Lipinski definition) is 1. The summed E-state index contributed by atoms with van der Waals surface area (Å²) >= 11 is 0. The molecule has 1 unspecified atom stereocenters. The third-order valence-corrected chi connectivity index (χ3v) is 6.76. The lowest BCUT2D eigenvalue weighted by molar-refractivity contribution is 0.0972. The SMILES string of the molecule is CCC(CO)n1cnc2c(N3CCC(N(C(=O)c4cccnc4)c4cccc(F)c4)CC3)ncnc21. The van der Waals surface area contributed by atoms with Crippen LogP contribution in [-0.2, 0) is 0 Å². The highest BCUT2D eigenvalue weighted by molar-refractivity contribution is 6.06. The fraction of sp³-hybridized carbons (Fsp3) is 0.346. The molecular weight excluding hydrogens is 461 g/mol. The maximum absolute atomic E-state index is 14.1. The van der Waals surface area contributed by atoms with Gasteiger partial charge in [-0.25, -0.2) is 19.3 Å². The summed E-state index contributed by atoms with van der Waals surface area (Å²) in [7, 11) is 0. The predicted molar refractivity (Wildman–Crippen MR) is 134 cm³/mol. The van der Waals surface area contributed by atoms with Crippen LogP contribution in [0.3, 0.4) is 0 Å². The van der Waals surface area contributed by atoms with Gasteiger partial charge in [0.25, 0.3) is 5.91 Å². The summed E-state index contributed by atoms with van der Waals surface area (Å²) in [5.41, 5.74) is 2.37. The van der Waals surface area contributed by atoms with Gasteiger partial charge in [-0.1, -0.05) is 13.0 Å². The molecule has 0 saturated carbocycles. The second-order valence-corrected chi connectivity index (χ2v) is 8.88. The third kappa shape index (κ3) is 4.51. The number of carbonyl (C=O) groups is 1. The van der Waals surface area contributed by atoms with Crippen molar-refractivity contribution >= 4 is 28.6 Å². The summed E-state index contributed by atoms with van der Waals surface area (Å²) in [5.74, 6) is 0.145. The Labute approximate surface area is 208 Å². The van der Waals surface area contributed by atoms with E-state index in [0.717, 1.165) is 12.2 Å². The number of aliphatic hydroxyl groups excluding tert-OH is 1. The molecule has 1 aliphatic heterocycles. The van der Waals surface area contributed by atoms with E-state index in [4.69, 9.17) is 0 Å². The Bertz CT molecular complexity index is 1330. The minimum absolute atomic E-state index is 0.00751. The molecule has 4 heterocycles. The first-order chi connectivity index (χ1) is 17.6. The lowest BCUT2D eigenvalue weighted by Crippen LogP contribution is -2.48. The lowest BCUT2D eigenvalue weighted by atomic mass is 10.0. The Morgan fingerprint density at radius 2 is 2.03 bits per heavy atom. The Hall–Kier alpha value is -3.92. The van der Waals surface area contributed by atoms with Crippen molar-refractivity contribution in [2.45, 2.75) is 38.3 Å². The number of imidazole rings is 1. The van der Waals surface area contributed by atoms with Crippen LogP contribution in [-0.4, -0.2) is 61.3 Å². The van der Waals surface area contributed by atoms with Gasteiger partial charge < -0.3 is 19.5 Å². The number of aliphatic hydroxyl groups is 1. The maximum Gasteiger partial charge on any atom is 0.260 e. The highest BCUT2D eigenvalue weighted by Crippen LogP contribution is 2.30. The second-order valence-electron chi connectivity index (χ2n) is 8.88. The van der Waals surface area contributed by atoms with Gasteiger partial charge in [-0.3, -0.25) is 9.78 Å². The van der Waals surface area contributed by atoms with Gasteiger partial charge in [-0.05, 0) is 49.6 Å². The van der Waals surface area contributed by atoms with Crippen LogP contribution in [0.5, 0.6) is 0 Å². The van der Waals surface area contributed by atoms with Gasteiger partial charge in [0.05, 0.1) is 24.5 Å². The Kier molecular flexibility index (Phi) is 6.86. The lowest BCUT2D eigenvalue weighted by Gasteiger charge is -2.39. The van der Waals surface area contributed by atoms with E-state index in [1.807, 2.05) is 11.5 Å². The zero-order chi connectivity index (χ0) is 25.1. The molecule has 186 valence electrons. The number of piperidine rings is 1. The van der Waals surface area contributed by atoms with E-state index in [2.05, 4.69) is 24.8 Å². The van der Waals surface area contributed by atoms with Gasteiger partial charge >= 0.3 is 0 Å². The van der Waals surface area contributed by atoms with Crippen LogP contribution in [0.1, 0.15) is 42.6 Å². The minimum atomic E-state index is -0.388. The highest BCUT2D eigenvalue weighted by atomic mass is 19.1. The average molecular weight is 490 g/mol. The van der Waals surface area contributed by atoms with Gasteiger partial charge in [-0.15, -0.1) is 0 Å². The predicted octanol–water partition coefficient (Wildman–Crippen LogP) is 3.62. The largest absolute Gasteiger partial charge is 0.394 e. The van der Waals surface area contributed by atoms with Crippen molar-refractivity contribution in [3.8, 4) is 0 Å². The van der Waals surface area contributed by atoms with Gasteiger partial charge in [0.15, 0.2) is 17.0 Å². The number of fused-ring (bicyclic) bond motifs is 1. The monoisotopic (exact) mass is 489 g/mol. The quantitative estimate of drug-likeness (QED) is 0.423. The number of anilines is 2. The van der Waals surface area contributed by atoms with Gasteiger partial charge in [0.2, 0.25) is 0 Å². The molecule has 1 fully saturated rings. The molecule has 9 nitrogen and oxygen atoms in total. The van der Waals surface area contributed by atoms with E-state index >= 15 is 0 Å². The number of nitrogens with zero attached hydrogens (tertiary/aromatic N) is 7. The van der Waals surface area contributed by atoms with E-state index in [1.165, 1.54) is 24.7 Å². The molecule has 0 aliphatic carbocycles. The van der Waals surface area contributed by atoms with Crippen LogP contribution in [0.25, 0.3) is 11.2 Å². The van der Waals surface area contributed by atoms with Crippen molar-refractivity contribution < 1.29 is 14.3 Å². The van der Waals surface area contributed by atoms with E-state index in [1.54, 1.807) is 41.7 Å². The Balaban J connectivity index is 1.40. The summed E-state index contributed by atoms with van der Waals surface area (Å²) < 4.78 is 16.0. The molecule has 10 heteroatoms. The van der Waals surface area contributed by atoms with E-state index in [0.29, 0.717) is 48.3 Å². The number of pyridine rings is 1. The normalized spacial score (nSPS) is 15.2. The molecule has 1 amide bonds. The van der Waals surface area contributed by atoms with Crippen LogP contribution < -0.4 is 9.80 Å². The first-order valence-corrected chi connectivity index (χ1v) is 12.1. The van der Waals surface area contributed by atoms with Crippen molar-refractivity contribution in [1.82, 2.24) is 24.5 Å². The Morgan fingerprint density at radius 3 is 2.72 bits per heavy atom. The van der Waals surface area contributed by atoms with Gasteiger partial charge in [0, 0.05) is 37.2 Å². The number of hydrogen-bond acceptors (Lipinski definition) is 7. The topological polar surface area (TPSA) is 100 Å². The maximum atomic E-state index is 14.1. The number of halogens is 1. The minimum Gasteiger partial charge on any atom is -0.394 e. The van der Waals surface area contributed by atoms with Crippen molar-refractivity contribution in [1.29, 1.82) is 0 Å². The molecule has 5 rings (SSSR count). The van der Waals surface area contributed by atoms with Crippen LogP contribution >= 0.6 is 0 Å². The van der Waals surface area contributed by atoms with Crippen molar-refractivity contribution in [2.75, 3.05) is 29.5 Å². The van der Waals surface area contributed by atoms with Crippen LogP contribution in [0.2, 0.25) is 0 Å². The number of benzene rings is 1. The smallest absolute Gasteiger partial charge is 0.260 e. The fourth-order valence-corrected chi connectivity index (χ4v) is 4.84. The zero-order valence-corrected chi connectivity index (χ0v) is 20.0. The second kappa shape index (κ2) is 10.4. The summed E-state index contributed by atoms with van der Waals surface area (Å²) in [6.07, 6.45) is 8.48. The van der Waals surface area contributed by atoms with Crippen molar-refractivity contribution in [3.63, 3.8) is 0 Å². The van der Waals surface area contributed by atoms with E-state index in [9.17, 15) is 14.3 Å². The standard InChI is InChI=1S/C26H28FN7O2/c1-2-20(15-35)33-17-31-23-24(29-16-30-25(23)33)32-11-8-21(9-12-32)34(22-7-3-6-19(27)13-22)26(36)18-5-4-10-28-14-18/h3-7,10,13-14,16-17,20-21,35H,2,8-9,11-12,15H2,1H3. The van der Waals surface area contributed by atoms with Crippen molar-refractivity contribution in [2.24, 2.45) is 0 Å². The molecule has 1 saturated heterocycles. The summed E-state index contributed by atoms with van der Waals surface area (Å²) in [5, 5.41) is 9.73. The first-order valence-electron chi connectivity index (χ1n) is 12.1. The summed E-state index contributed by atoms with van der Waals surface area (Å²) in [6, 6.07) is 9.37.